The van der Waals surface area contributed by atoms with Crippen LogP contribution in [0.25, 0.3) is 6.08 Å². The molecule has 0 atom stereocenters. The molecule has 5 nitrogen and oxygen atoms in total. The Hall–Kier alpha value is -2.44. The molecule has 0 aromatic heterocycles. The maximum atomic E-state index is 12.5. The number of carbonyl (C=O) groups excluding carboxylic acids is 1. The molecule has 0 N–H and O–H groups in total. The zero-order chi connectivity index (χ0) is 19.9. The predicted molar refractivity (Wildman–Crippen MR) is 108 cm³/mol. The highest BCUT2D eigenvalue weighted by Gasteiger charge is 2.21. The molecular formula is C21H25NO4S. The predicted octanol–water partition coefficient (Wildman–Crippen LogP) is 4.01. The van der Waals surface area contributed by atoms with Crippen LogP contribution in [-0.4, -0.2) is 38.2 Å². The number of carbonyl (C=O) groups is 1. The Morgan fingerprint density at radius 1 is 1.00 bits per heavy atom. The molecule has 2 rings (SSSR count). The first-order valence-electron chi connectivity index (χ1n) is 8.98. The summed E-state index contributed by atoms with van der Waals surface area (Å²) in [5, 5.41) is 0. The van der Waals surface area contributed by atoms with Gasteiger partial charge in [0.2, 0.25) is 10.0 Å². The fourth-order valence-corrected chi connectivity index (χ4v) is 4.13. The van der Waals surface area contributed by atoms with Crippen LogP contribution in [0.5, 0.6) is 5.75 Å². The first-order valence-corrected chi connectivity index (χ1v) is 10.4. The molecule has 0 spiro atoms. The molecule has 2 aromatic rings. The average molecular weight is 388 g/mol. The van der Waals surface area contributed by atoms with E-state index in [1.54, 1.807) is 19.9 Å². The van der Waals surface area contributed by atoms with Gasteiger partial charge in [-0.05, 0) is 49.4 Å². The third kappa shape index (κ3) is 5.05. The molecule has 0 unspecified atom stereocenters. The fourth-order valence-electron chi connectivity index (χ4n) is 2.67. The van der Waals surface area contributed by atoms with Gasteiger partial charge in [-0.1, -0.05) is 32.0 Å². The summed E-state index contributed by atoms with van der Waals surface area (Å²) in [7, 11) is -3.52. The minimum absolute atomic E-state index is 0.188. The lowest BCUT2D eigenvalue weighted by Gasteiger charge is -2.18. The normalized spacial score (nSPS) is 11.9. The number of rotatable bonds is 9. The van der Waals surface area contributed by atoms with Crippen LogP contribution in [0, 0.1) is 0 Å². The van der Waals surface area contributed by atoms with Crippen molar-refractivity contribution in [2.24, 2.45) is 0 Å². The Morgan fingerprint density at radius 2 is 1.63 bits per heavy atom. The smallest absolute Gasteiger partial charge is 0.243 e. The summed E-state index contributed by atoms with van der Waals surface area (Å²) in [6.45, 7) is 6.84. The Balaban J connectivity index is 2.19. The topological polar surface area (TPSA) is 63.7 Å². The molecule has 0 saturated carbocycles. The Kier molecular flexibility index (Phi) is 7.33. The van der Waals surface area contributed by atoms with E-state index in [1.165, 1.54) is 34.6 Å². The molecule has 0 aliphatic carbocycles. The van der Waals surface area contributed by atoms with Gasteiger partial charge < -0.3 is 4.74 Å². The minimum atomic E-state index is -3.52. The molecule has 0 saturated heterocycles. The molecule has 0 fully saturated rings. The van der Waals surface area contributed by atoms with Gasteiger partial charge in [0.15, 0.2) is 5.78 Å². The van der Waals surface area contributed by atoms with Gasteiger partial charge >= 0.3 is 0 Å². The summed E-state index contributed by atoms with van der Waals surface area (Å²) in [4.78, 5) is 12.6. The van der Waals surface area contributed by atoms with Gasteiger partial charge in [-0.2, -0.15) is 4.31 Å². The molecule has 144 valence electrons. The Morgan fingerprint density at radius 3 is 2.22 bits per heavy atom. The van der Waals surface area contributed by atoms with Crippen LogP contribution >= 0.6 is 0 Å². The highest BCUT2D eigenvalue weighted by Crippen LogP contribution is 2.20. The molecule has 27 heavy (non-hydrogen) atoms. The van der Waals surface area contributed by atoms with Crippen LogP contribution in [0.4, 0.5) is 0 Å². The number of ether oxygens (including phenoxy) is 1. The molecule has 0 heterocycles. The van der Waals surface area contributed by atoms with E-state index in [-0.39, 0.29) is 10.7 Å². The second kappa shape index (κ2) is 9.48. The van der Waals surface area contributed by atoms with Gasteiger partial charge in [-0.25, -0.2) is 8.42 Å². The van der Waals surface area contributed by atoms with Crippen LogP contribution in [0.1, 0.15) is 36.7 Å². The van der Waals surface area contributed by atoms with E-state index in [2.05, 4.69) is 0 Å². The van der Waals surface area contributed by atoms with Gasteiger partial charge in [0.25, 0.3) is 0 Å². The molecule has 0 amide bonds. The van der Waals surface area contributed by atoms with Gasteiger partial charge in [0.05, 0.1) is 11.5 Å². The zero-order valence-electron chi connectivity index (χ0n) is 15.9. The van der Waals surface area contributed by atoms with Crippen LogP contribution in [0.3, 0.4) is 0 Å². The lowest BCUT2D eigenvalue weighted by atomic mass is 10.1. The van der Waals surface area contributed by atoms with Crippen LogP contribution in [0.15, 0.2) is 59.5 Å². The number of para-hydroxylation sites is 1. The largest absolute Gasteiger partial charge is 0.493 e. The van der Waals surface area contributed by atoms with Gasteiger partial charge in [-0.3, -0.25) is 4.79 Å². The van der Waals surface area contributed by atoms with Crippen molar-refractivity contribution in [3.05, 3.63) is 65.7 Å². The summed E-state index contributed by atoms with van der Waals surface area (Å²) >= 11 is 0. The number of ketones is 1. The number of hydrogen-bond donors (Lipinski definition) is 0. The van der Waals surface area contributed by atoms with Gasteiger partial charge in [0.1, 0.15) is 5.75 Å². The molecular weight excluding hydrogens is 362 g/mol. The average Bonchev–Trinajstić information content (AvgIpc) is 2.68. The minimum Gasteiger partial charge on any atom is -0.493 e. The number of benzene rings is 2. The zero-order valence-corrected chi connectivity index (χ0v) is 16.7. The van der Waals surface area contributed by atoms with Gasteiger partial charge in [-0.15, -0.1) is 0 Å². The maximum absolute atomic E-state index is 12.5. The maximum Gasteiger partial charge on any atom is 0.243 e. The highest BCUT2D eigenvalue weighted by molar-refractivity contribution is 7.89. The number of allylic oxidation sites excluding steroid dienone is 1. The van der Waals surface area contributed by atoms with Crippen molar-refractivity contribution < 1.29 is 17.9 Å². The van der Waals surface area contributed by atoms with E-state index in [4.69, 9.17) is 4.74 Å². The van der Waals surface area contributed by atoms with E-state index in [1.807, 2.05) is 31.2 Å². The quantitative estimate of drug-likeness (QED) is 0.482. The number of sulfonamides is 1. The summed E-state index contributed by atoms with van der Waals surface area (Å²) in [5.74, 6) is 0.512. The van der Waals surface area contributed by atoms with Crippen LogP contribution in [0.2, 0.25) is 0 Å². The third-order valence-electron chi connectivity index (χ3n) is 4.12. The second-order valence-corrected chi connectivity index (χ2v) is 7.72. The molecule has 0 aliphatic heterocycles. The summed E-state index contributed by atoms with van der Waals surface area (Å²) in [6.07, 6.45) is 3.17. The third-order valence-corrected chi connectivity index (χ3v) is 6.18. The van der Waals surface area contributed by atoms with Crippen molar-refractivity contribution in [1.82, 2.24) is 4.31 Å². The first kappa shape index (κ1) is 20.9. The van der Waals surface area contributed by atoms with Crippen molar-refractivity contribution >= 4 is 21.9 Å². The second-order valence-electron chi connectivity index (χ2n) is 5.78. The number of hydrogen-bond acceptors (Lipinski definition) is 4. The van der Waals surface area contributed by atoms with Crippen molar-refractivity contribution in [2.45, 2.75) is 25.7 Å². The summed E-state index contributed by atoms with van der Waals surface area (Å²) < 4.78 is 31.9. The molecule has 6 heteroatoms. The summed E-state index contributed by atoms with van der Waals surface area (Å²) in [6, 6.07) is 13.5. The molecule has 0 radical (unpaired) electrons. The van der Waals surface area contributed by atoms with Crippen molar-refractivity contribution in [3.63, 3.8) is 0 Å². The van der Waals surface area contributed by atoms with E-state index in [0.29, 0.717) is 31.0 Å². The lowest BCUT2D eigenvalue weighted by Crippen LogP contribution is -2.30. The van der Waals surface area contributed by atoms with Crippen molar-refractivity contribution in [3.8, 4) is 5.75 Å². The van der Waals surface area contributed by atoms with Crippen LogP contribution < -0.4 is 4.74 Å². The van der Waals surface area contributed by atoms with Crippen molar-refractivity contribution in [2.75, 3.05) is 19.7 Å². The van der Waals surface area contributed by atoms with Crippen LogP contribution in [-0.2, 0) is 10.0 Å². The summed E-state index contributed by atoms with van der Waals surface area (Å²) in [5.41, 5.74) is 1.24. The van der Waals surface area contributed by atoms with E-state index >= 15 is 0 Å². The number of nitrogens with zero attached hydrogens (tertiary/aromatic N) is 1. The Bertz CT molecular complexity index is 898. The highest BCUT2D eigenvalue weighted by atomic mass is 32.2. The van der Waals surface area contributed by atoms with E-state index in [9.17, 15) is 13.2 Å². The molecule has 2 aromatic carbocycles. The molecule has 0 bridgehead atoms. The lowest BCUT2D eigenvalue weighted by molar-refractivity contribution is 0.104. The SMILES string of the molecule is CCOc1ccccc1C=CC(=O)c1ccc(S(=O)(=O)N(CC)CC)cc1. The first-order chi connectivity index (χ1) is 12.9. The van der Waals surface area contributed by atoms with E-state index < -0.39 is 10.0 Å². The standard InChI is InChI=1S/C21H25NO4S/c1-4-22(5-2)27(24,25)19-14-11-17(12-15-19)20(23)16-13-18-9-7-8-10-21(18)26-6-3/h7-16H,4-6H2,1-3H3. The molecule has 0 aliphatic rings. The monoisotopic (exact) mass is 387 g/mol. The van der Waals surface area contributed by atoms with Gasteiger partial charge in [0, 0.05) is 24.2 Å². The van der Waals surface area contributed by atoms with E-state index in [0.717, 1.165) is 5.56 Å². The fraction of sp³-hybridized carbons (Fsp3) is 0.286. The van der Waals surface area contributed by atoms with Crippen molar-refractivity contribution in [1.29, 1.82) is 0 Å². The Labute approximate surface area is 161 Å².